The Morgan fingerprint density at radius 3 is 2.67 bits per heavy atom. The summed E-state index contributed by atoms with van der Waals surface area (Å²) in [6.45, 7) is 1.49. The van der Waals surface area contributed by atoms with Crippen LogP contribution in [0.5, 0.6) is 0 Å². The highest BCUT2D eigenvalue weighted by atomic mass is 16.2. The first-order chi connectivity index (χ1) is 11.5. The Balaban J connectivity index is 1.81. The van der Waals surface area contributed by atoms with E-state index in [2.05, 4.69) is 10.6 Å². The lowest BCUT2D eigenvalue weighted by atomic mass is 10.0. The smallest absolute Gasteiger partial charge is 0.255 e. The molecule has 3 rings (SSSR count). The predicted octanol–water partition coefficient (Wildman–Crippen LogP) is 3.42. The van der Waals surface area contributed by atoms with Gasteiger partial charge in [0.05, 0.1) is 0 Å². The molecule has 0 fully saturated rings. The van der Waals surface area contributed by atoms with Crippen LogP contribution in [-0.4, -0.2) is 17.6 Å². The maximum Gasteiger partial charge on any atom is 0.255 e. The lowest BCUT2D eigenvalue weighted by Gasteiger charge is -2.10. The molecule has 0 saturated heterocycles. The Bertz CT molecular complexity index is 827. The van der Waals surface area contributed by atoms with Gasteiger partial charge in [-0.25, -0.2) is 0 Å². The number of benzene rings is 2. The van der Waals surface area contributed by atoms with Crippen molar-refractivity contribution < 1.29 is 14.4 Å². The summed E-state index contributed by atoms with van der Waals surface area (Å²) in [4.78, 5) is 35.4. The number of hydrogen-bond acceptors (Lipinski definition) is 3. The summed E-state index contributed by atoms with van der Waals surface area (Å²) in [6.07, 6.45) is 2.02. The van der Waals surface area contributed by atoms with Gasteiger partial charge in [0.1, 0.15) is 0 Å². The number of anilines is 2. The van der Waals surface area contributed by atoms with Crippen molar-refractivity contribution in [2.75, 3.05) is 10.6 Å². The van der Waals surface area contributed by atoms with Gasteiger partial charge in [-0.15, -0.1) is 0 Å². The van der Waals surface area contributed by atoms with Gasteiger partial charge < -0.3 is 10.6 Å². The third-order valence-electron chi connectivity index (χ3n) is 4.02. The van der Waals surface area contributed by atoms with Gasteiger partial charge in [-0.2, -0.15) is 0 Å². The number of rotatable bonds is 3. The molecule has 5 nitrogen and oxygen atoms in total. The molecule has 1 heterocycles. The van der Waals surface area contributed by atoms with Crippen LogP contribution in [0.1, 0.15) is 46.0 Å². The number of carbonyl (C=O) groups excluding carboxylic acids is 3. The van der Waals surface area contributed by atoms with Crippen molar-refractivity contribution in [2.24, 2.45) is 0 Å². The van der Waals surface area contributed by atoms with Crippen molar-refractivity contribution in [2.45, 2.75) is 26.2 Å². The van der Waals surface area contributed by atoms with E-state index in [1.807, 2.05) is 6.07 Å². The largest absolute Gasteiger partial charge is 0.326 e. The van der Waals surface area contributed by atoms with Gasteiger partial charge in [-0.05, 0) is 55.7 Å². The SMILES string of the molecule is CC(=O)c1cccc(NC(=O)c2ccc3c(c2)CCCC(=O)N3)c1. The average Bonchev–Trinajstić information content (AvgIpc) is 2.74. The fourth-order valence-corrected chi connectivity index (χ4v) is 2.74. The zero-order valence-electron chi connectivity index (χ0n) is 13.4. The van der Waals surface area contributed by atoms with Crippen LogP contribution in [0, 0.1) is 0 Å². The van der Waals surface area contributed by atoms with E-state index in [0.29, 0.717) is 23.2 Å². The van der Waals surface area contributed by atoms with Gasteiger partial charge in [-0.1, -0.05) is 12.1 Å². The molecule has 1 aliphatic heterocycles. The van der Waals surface area contributed by atoms with Crippen molar-refractivity contribution in [3.8, 4) is 0 Å². The van der Waals surface area contributed by atoms with Crippen LogP contribution >= 0.6 is 0 Å². The van der Waals surface area contributed by atoms with Crippen LogP contribution in [0.3, 0.4) is 0 Å². The molecule has 0 aromatic heterocycles. The molecule has 2 N–H and O–H groups in total. The van der Waals surface area contributed by atoms with Crippen LogP contribution < -0.4 is 10.6 Å². The number of amides is 2. The molecule has 1 aliphatic rings. The van der Waals surface area contributed by atoms with E-state index in [1.165, 1.54) is 6.92 Å². The molecule has 122 valence electrons. The molecule has 24 heavy (non-hydrogen) atoms. The van der Waals surface area contributed by atoms with Crippen LogP contribution in [0.2, 0.25) is 0 Å². The zero-order valence-corrected chi connectivity index (χ0v) is 13.4. The number of nitrogens with one attached hydrogen (secondary N) is 2. The second kappa shape index (κ2) is 6.66. The van der Waals surface area contributed by atoms with E-state index in [0.717, 1.165) is 24.1 Å². The van der Waals surface area contributed by atoms with E-state index in [9.17, 15) is 14.4 Å². The predicted molar refractivity (Wildman–Crippen MR) is 92.4 cm³/mol. The van der Waals surface area contributed by atoms with Gasteiger partial charge in [0.15, 0.2) is 5.78 Å². The molecule has 5 heteroatoms. The summed E-state index contributed by atoms with van der Waals surface area (Å²) in [6, 6.07) is 12.1. The second-order valence-corrected chi connectivity index (χ2v) is 5.86. The van der Waals surface area contributed by atoms with Crippen molar-refractivity contribution in [3.05, 3.63) is 59.2 Å². The summed E-state index contributed by atoms with van der Waals surface area (Å²) < 4.78 is 0. The van der Waals surface area contributed by atoms with Gasteiger partial charge in [-0.3, -0.25) is 14.4 Å². The first kappa shape index (κ1) is 15.9. The summed E-state index contributed by atoms with van der Waals surface area (Å²) in [5.41, 5.74) is 3.39. The Labute approximate surface area is 140 Å². The summed E-state index contributed by atoms with van der Waals surface area (Å²) >= 11 is 0. The molecule has 0 atom stereocenters. The van der Waals surface area contributed by atoms with E-state index in [4.69, 9.17) is 0 Å². The minimum Gasteiger partial charge on any atom is -0.326 e. The van der Waals surface area contributed by atoms with Crippen molar-refractivity contribution in [1.29, 1.82) is 0 Å². The maximum atomic E-state index is 12.4. The summed E-state index contributed by atoms with van der Waals surface area (Å²) in [5, 5.41) is 5.66. The van der Waals surface area contributed by atoms with Crippen molar-refractivity contribution in [1.82, 2.24) is 0 Å². The van der Waals surface area contributed by atoms with E-state index >= 15 is 0 Å². The highest BCUT2D eigenvalue weighted by molar-refractivity contribution is 6.05. The highest BCUT2D eigenvalue weighted by Crippen LogP contribution is 2.24. The molecule has 0 unspecified atom stereocenters. The fraction of sp³-hybridized carbons (Fsp3) is 0.211. The molecule has 2 aromatic carbocycles. The Morgan fingerprint density at radius 1 is 1.04 bits per heavy atom. The van der Waals surface area contributed by atoms with E-state index in [-0.39, 0.29) is 17.6 Å². The first-order valence-corrected chi connectivity index (χ1v) is 7.88. The molecule has 0 bridgehead atoms. The first-order valence-electron chi connectivity index (χ1n) is 7.88. The third kappa shape index (κ3) is 3.51. The Morgan fingerprint density at radius 2 is 1.88 bits per heavy atom. The van der Waals surface area contributed by atoms with Crippen LogP contribution in [0.25, 0.3) is 0 Å². The molecular formula is C19H18N2O3. The minimum absolute atomic E-state index is 0.00648. The fourth-order valence-electron chi connectivity index (χ4n) is 2.74. The number of hydrogen-bond donors (Lipinski definition) is 2. The molecule has 0 aliphatic carbocycles. The van der Waals surface area contributed by atoms with Crippen LogP contribution in [-0.2, 0) is 11.2 Å². The van der Waals surface area contributed by atoms with Crippen LogP contribution in [0.4, 0.5) is 11.4 Å². The monoisotopic (exact) mass is 322 g/mol. The average molecular weight is 322 g/mol. The maximum absolute atomic E-state index is 12.4. The lowest BCUT2D eigenvalue weighted by Crippen LogP contribution is -2.13. The number of carbonyl (C=O) groups is 3. The van der Waals surface area contributed by atoms with E-state index < -0.39 is 0 Å². The normalized spacial score (nSPS) is 13.5. The van der Waals surface area contributed by atoms with Crippen molar-refractivity contribution >= 4 is 29.0 Å². The third-order valence-corrected chi connectivity index (χ3v) is 4.02. The van der Waals surface area contributed by atoms with Crippen LogP contribution in [0.15, 0.2) is 42.5 Å². The minimum atomic E-state index is -0.242. The number of fused-ring (bicyclic) bond motifs is 1. The summed E-state index contributed by atoms with van der Waals surface area (Å²) in [7, 11) is 0. The zero-order chi connectivity index (χ0) is 17.1. The Kier molecular flexibility index (Phi) is 4.42. The summed E-state index contributed by atoms with van der Waals surface area (Å²) in [5.74, 6) is -0.284. The van der Waals surface area contributed by atoms with Gasteiger partial charge in [0.2, 0.25) is 5.91 Å². The van der Waals surface area contributed by atoms with E-state index in [1.54, 1.807) is 36.4 Å². The lowest BCUT2D eigenvalue weighted by molar-refractivity contribution is -0.116. The van der Waals surface area contributed by atoms with Crippen molar-refractivity contribution in [3.63, 3.8) is 0 Å². The number of aryl methyl sites for hydroxylation is 1. The molecular weight excluding hydrogens is 304 g/mol. The van der Waals surface area contributed by atoms with Gasteiger partial charge in [0.25, 0.3) is 5.91 Å². The second-order valence-electron chi connectivity index (χ2n) is 5.86. The molecule has 0 spiro atoms. The Hall–Kier alpha value is -2.95. The quantitative estimate of drug-likeness (QED) is 0.850. The number of Topliss-reactive ketones (excluding diaryl/α,β-unsaturated/α-hetero) is 1. The molecule has 0 saturated carbocycles. The molecule has 0 radical (unpaired) electrons. The van der Waals surface area contributed by atoms with Gasteiger partial charge in [0, 0.05) is 28.9 Å². The number of ketones is 1. The molecule has 2 aromatic rings. The topological polar surface area (TPSA) is 75.3 Å². The molecule has 2 amide bonds. The van der Waals surface area contributed by atoms with Gasteiger partial charge >= 0.3 is 0 Å². The standard InChI is InChI=1S/C19H18N2O3/c1-12(22)13-4-2-6-16(11-13)20-19(24)15-8-9-17-14(10-15)5-3-7-18(23)21-17/h2,4,6,8-11H,3,5,7H2,1H3,(H,20,24)(H,21,23). The highest BCUT2D eigenvalue weighted by Gasteiger charge is 2.15.